The Hall–Kier alpha value is -1.39. The molecule has 4 heteroatoms. The number of rotatable bonds is 5. The number of methoxy groups -OCH3 is 1. The van der Waals surface area contributed by atoms with E-state index in [1.807, 2.05) is 24.3 Å². The Balaban J connectivity index is 1.85. The van der Waals surface area contributed by atoms with E-state index >= 15 is 0 Å². The van der Waals surface area contributed by atoms with Crippen molar-refractivity contribution in [2.45, 2.75) is 25.9 Å². The van der Waals surface area contributed by atoms with Gasteiger partial charge < -0.3 is 15.4 Å². The van der Waals surface area contributed by atoms with Crippen LogP contribution in [0.15, 0.2) is 24.3 Å². The molecular weight excluding hydrogens is 240 g/mol. The molecule has 0 aliphatic carbocycles. The van der Waals surface area contributed by atoms with Crippen molar-refractivity contribution in [1.82, 2.24) is 5.32 Å². The van der Waals surface area contributed by atoms with Crippen molar-refractivity contribution in [2.75, 3.05) is 25.5 Å². The first kappa shape index (κ1) is 14.0. The van der Waals surface area contributed by atoms with E-state index in [0.717, 1.165) is 30.8 Å². The summed E-state index contributed by atoms with van der Waals surface area (Å²) in [5.41, 5.74) is 1.92. The third-order valence-corrected chi connectivity index (χ3v) is 3.39. The number of benzene rings is 1. The van der Waals surface area contributed by atoms with Crippen LogP contribution in [-0.4, -0.2) is 26.1 Å². The van der Waals surface area contributed by atoms with Crippen molar-refractivity contribution in [3.8, 4) is 0 Å². The number of ether oxygens (including phenoxy) is 1. The van der Waals surface area contributed by atoms with E-state index in [2.05, 4.69) is 10.6 Å². The van der Waals surface area contributed by atoms with Crippen LogP contribution in [0.2, 0.25) is 0 Å². The van der Waals surface area contributed by atoms with Gasteiger partial charge in [0.1, 0.15) is 0 Å². The monoisotopic (exact) mass is 262 g/mol. The lowest BCUT2D eigenvalue weighted by molar-refractivity contribution is -0.117. The smallest absolute Gasteiger partial charge is 0.224 e. The van der Waals surface area contributed by atoms with Gasteiger partial charge in [0.15, 0.2) is 0 Å². The molecule has 0 spiro atoms. The molecule has 0 bridgehead atoms. The first-order chi connectivity index (χ1) is 9.28. The largest absolute Gasteiger partial charge is 0.380 e. The highest BCUT2D eigenvalue weighted by molar-refractivity contribution is 5.90. The molecule has 1 aliphatic rings. The molecule has 1 saturated heterocycles. The molecule has 1 heterocycles. The van der Waals surface area contributed by atoms with Crippen molar-refractivity contribution in [3.63, 3.8) is 0 Å². The molecule has 104 valence electrons. The summed E-state index contributed by atoms with van der Waals surface area (Å²) in [7, 11) is 1.67. The summed E-state index contributed by atoms with van der Waals surface area (Å²) < 4.78 is 5.09. The summed E-state index contributed by atoms with van der Waals surface area (Å²) in [5, 5.41) is 6.30. The van der Waals surface area contributed by atoms with Gasteiger partial charge in [0, 0.05) is 19.2 Å². The highest BCUT2D eigenvalue weighted by Gasteiger charge is 2.16. The lowest BCUT2D eigenvalue weighted by Gasteiger charge is -2.22. The molecule has 2 rings (SSSR count). The van der Waals surface area contributed by atoms with E-state index in [1.54, 1.807) is 7.11 Å². The van der Waals surface area contributed by atoms with Gasteiger partial charge in [0.25, 0.3) is 0 Å². The second-order valence-electron chi connectivity index (χ2n) is 5.10. The van der Waals surface area contributed by atoms with Crippen LogP contribution < -0.4 is 10.6 Å². The van der Waals surface area contributed by atoms with Crippen LogP contribution in [0.1, 0.15) is 24.8 Å². The third-order valence-electron chi connectivity index (χ3n) is 3.39. The number of anilines is 1. The maximum absolute atomic E-state index is 12.0. The molecule has 0 saturated carbocycles. The zero-order chi connectivity index (χ0) is 13.5. The number of carbonyl (C=O) groups is 1. The van der Waals surface area contributed by atoms with E-state index < -0.39 is 0 Å². The van der Waals surface area contributed by atoms with Crippen LogP contribution in [0, 0.1) is 5.92 Å². The average molecular weight is 262 g/mol. The maximum Gasteiger partial charge on any atom is 0.224 e. The van der Waals surface area contributed by atoms with E-state index in [0.29, 0.717) is 18.9 Å². The summed E-state index contributed by atoms with van der Waals surface area (Å²) in [6, 6.07) is 7.80. The quantitative estimate of drug-likeness (QED) is 0.855. The number of amides is 1. The number of carbonyl (C=O) groups excluding carboxylic acids is 1. The molecule has 0 aromatic heterocycles. The second-order valence-corrected chi connectivity index (χ2v) is 5.10. The van der Waals surface area contributed by atoms with Gasteiger partial charge in [-0.2, -0.15) is 0 Å². The predicted molar refractivity (Wildman–Crippen MR) is 76.0 cm³/mol. The summed E-state index contributed by atoms with van der Waals surface area (Å²) in [6.45, 7) is 2.60. The Morgan fingerprint density at radius 3 is 3.16 bits per heavy atom. The van der Waals surface area contributed by atoms with Crippen LogP contribution in [0.25, 0.3) is 0 Å². The van der Waals surface area contributed by atoms with Crippen LogP contribution in [-0.2, 0) is 16.1 Å². The maximum atomic E-state index is 12.0. The van der Waals surface area contributed by atoms with Crippen molar-refractivity contribution in [2.24, 2.45) is 5.92 Å². The van der Waals surface area contributed by atoms with Gasteiger partial charge in [-0.05, 0) is 49.5 Å². The molecule has 1 fully saturated rings. The lowest BCUT2D eigenvalue weighted by atomic mass is 9.96. The zero-order valence-corrected chi connectivity index (χ0v) is 11.4. The molecule has 1 aliphatic heterocycles. The molecule has 2 N–H and O–H groups in total. The molecule has 4 nitrogen and oxygen atoms in total. The minimum Gasteiger partial charge on any atom is -0.380 e. The molecule has 1 amide bonds. The fourth-order valence-electron chi connectivity index (χ4n) is 2.48. The third kappa shape index (κ3) is 4.65. The van der Waals surface area contributed by atoms with E-state index in [1.165, 1.54) is 6.42 Å². The molecule has 0 radical (unpaired) electrons. The lowest BCUT2D eigenvalue weighted by Crippen LogP contribution is -2.32. The number of nitrogens with one attached hydrogen (secondary N) is 2. The number of hydrogen-bond acceptors (Lipinski definition) is 3. The Morgan fingerprint density at radius 2 is 2.42 bits per heavy atom. The summed E-state index contributed by atoms with van der Waals surface area (Å²) in [6.07, 6.45) is 2.91. The van der Waals surface area contributed by atoms with Gasteiger partial charge in [-0.1, -0.05) is 12.1 Å². The fraction of sp³-hybridized carbons (Fsp3) is 0.533. The highest BCUT2D eigenvalue weighted by Crippen LogP contribution is 2.16. The Morgan fingerprint density at radius 1 is 1.53 bits per heavy atom. The van der Waals surface area contributed by atoms with Crippen LogP contribution in [0.3, 0.4) is 0 Å². The molecule has 1 atom stereocenters. The van der Waals surface area contributed by atoms with Crippen LogP contribution in [0.5, 0.6) is 0 Å². The molecule has 1 aromatic rings. The van der Waals surface area contributed by atoms with E-state index in [-0.39, 0.29) is 5.91 Å². The van der Waals surface area contributed by atoms with Crippen molar-refractivity contribution < 1.29 is 9.53 Å². The molecule has 19 heavy (non-hydrogen) atoms. The minimum atomic E-state index is 0.100. The SMILES string of the molecule is COCc1cccc(NC(=O)CC2CCCNC2)c1. The normalized spacial score (nSPS) is 19.1. The summed E-state index contributed by atoms with van der Waals surface area (Å²) in [5.74, 6) is 0.569. The highest BCUT2D eigenvalue weighted by atomic mass is 16.5. The average Bonchev–Trinajstić information content (AvgIpc) is 2.40. The van der Waals surface area contributed by atoms with Crippen molar-refractivity contribution >= 4 is 11.6 Å². The molecule has 1 aromatic carbocycles. The van der Waals surface area contributed by atoms with Gasteiger partial charge in [-0.25, -0.2) is 0 Å². The molecular formula is C15H22N2O2. The summed E-state index contributed by atoms with van der Waals surface area (Å²) >= 11 is 0. The number of piperidine rings is 1. The first-order valence-electron chi connectivity index (χ1n) is 6.86. The Bertz CT molecular complexity index is 414. The van der Waals surface area contributed by atoms with Crippen LogP contribution >= 0.6 is 0 Å². The number of hydrogen-bond donors (Lipinski definition) is 2. The zero-order valence-electron chi connectivity index (χ0n) is 11.4. The van der Waals surface area contributed by atoms with E-state index in [4.69, 9.17) is 4.74 Å². The Labute approximate surface area is 114 Å². The minimum absolute atomic E-state index is 0.100. The Kier molecular flexibility index (Phi) is 5.36. The predicted octanol–water partition coefficient (Wildman–Crippen LogP) is 2.16. The van der Waals surface area contributed by atoms with E-state index in [9.17, 15) is 4.79 Å². The second kappa shape index (κ2) is 7.26. The van der Waals surface area contributed by atoms with Gasteiger partial charge >= 0.3 is 0 Å². The molecule has 1 unspecified atom stereocenters. The van der Waals surface area contributed by atoms with Gasteiger partial charge in [0.2, 0.25) is 5.91 Å². The van der Waals surface area contributed by atoms with Crippen molar-refractivity contribution in [1.29, 1.82) is 0 Å². The standard InChI is InChI=1S/C15H22N2O2/c1-19-11-13-4-2-6-14(8-13)17-15(18)9-12-5-3-7-16-10-12/h2,4,6,8,12,16H,3,5,7,9-11H2,1H3,(H,17,18). The van der Waals surface area contributed by atoms with Gasteiger partial charge in [-0.3, -0.25) is 4.79 Å². The fourth-order valence-corrected chi connectivity index (χ4v) is 2.48. The van der Waals surface area contributed by atoms with Gasteiger partial charge in [-0.15, -0.1) is 0 Å². The van der Waals surface area contributed by atoms with Crippen LogP contribution in [0.4, 0.5) is 5.69 Å². The summed E-state index contributed by atoms with van der Waals surface area (Å²) in [4.78, 5) is 12.0. The first-order valence-corrected chi connectivity index (χ1v) is 6.86. The van der Waals surface area contributed by atoms with Gasteiger partial charge in [0.05, 0.1) is 6.61 Å². The van der Waals surface area contributed by atoms with Crippen molar-refractivity contribution in [3.05, 3.63) is 29.8 Å². The topological polar surface area (TPSA) is 50.4 Å².